The number of aryl methyl sites for hydroxylation is 1. The lowest BCUT2D eigenvalue weighted by Crippen LogP contribution is -2.39. The van der Waals surface area contributed by atoms with Crippen molar-refractivity contribution >= 4 is 16.7 Å². The van der Waals surface area contributed by atoms with Crippen molar-refractivity contribution in [2.24, 2.45) is 12.8 Å². The van der Waals surface area contributed by atoms with Crippen LogP contribution in [0.4, 0.5) is 5.82 Å². The summed E-state index contributed by atoms with van der Waals surface area (Å²) in [7, 11) is 2.23. The molecule has 0 unspecified atom stereocenters. The van der Waals surface area contributed by atoms with Crippen LogP contribution in [0.2, 0.25) is 0 Å². The second-order valence-corrected chi connectivity index (χ2v) is 7.45. The summed E-state index contributed by atoms with van der Waals surface area (Å²) < 4.78 is 2.41. The Kier molecular flexibility index (Phi) is 2.21. The van der Waals surface area contributed by atoms with Gasteiger partial charge in [0.1, 0.15) is 5.82 Å². The average molecular weight is 281 g/mol. The lowest BCUT2D eigenvalue weighted by atomic mass is 9.84. The second-order valence-electron chi connectivity index (χ2n) is 7.45. The minimum absolute atomic E-state index is 0.102. The molecule has 1 aromatic carbocycles. The maximum Gasteiger partial charge on any atom is 0.112 e. The zero-order valence-electron chi connectivity index (χ0n) is 12.7. The van der Waals surface area contributed by atoms with E-state index in [9.17, 15) is 0 Å². The van der Waals surface area contributed by atoms with Crippen LogP contribution in [-0.4, -0.2) is 23.2 Å². The highest BCUT2D eigenvalue weighted by Gasteiger charge is 2.39. The van der Waals surface area contributed by atoms with Gasteiger partial charge in [0, 0.05) is 42.1 Å². The number of nitrogens with two attached hydrogens (primary N) is 1. The summed E-state index contributed by atoms with van der Waals surface area (Å²) in [5.41, 5.74) is 10.9. The Morgan fingerprint density at radius 1 is 1.24 bits per heavy atom. The van der Waals surface area contributed by atoms with Crippen LogP contribution in [0, 0.1) is 0 Å². The quantitative estimate of drug-likeness (QED) is 0.918. The first-order chi connectivity index (χ1) is 10.1. The van der Waals surface area contributed by atoms with Crippen molar-refractivity contribution in [3.8, 4) is 0 Å². The van der Waals surface area contributed by atoms with Crippen LogP contribution in [0.5, 0.6) is 0 Å². The average Bonchev–Trinajstić information content (AvgIpc) is 3.15. The standard InChI is InChI=1S/C18H23N3/c1-20-15-3-2-12(11-18(19)6-7-18)10-14(15)16-13-4-8-21(9-5-13)17(16)20/h2-3,10,13H,4-9,11,19H2,1H3. The van der Waals surface area contributed by atoms with Gasteiger partial charge in [-0.2, -0.15) is 0 Å². The summed E-state index contributed by atoms with van der Waals surface area (Å²) >= 11 is 0. The van der Waals surface area contributed by atoms with Gasteiger partial charge in [-0.05, 0) is 55.7 Å². The van der Waals surface area contributed by atoms with Crippen molar-refractivity contribution in [1.82, 2.24) is 4.57 Å². The highest BCUT2D eigenvalue weighted by molar-refractivity contribution is 5.92. The summed E-state index contributed by atoms with van der Waals surface area (Å²) in [4.78, 5) is 2.58. The molecule has 3 aliphatic heterocycles. The third kappa shape index (κ3) is 1.64. The number of anilines is 1. The molecular weight excluding hydrogens is 258 g/mol. The normalized spacial score (nSPS) is 22.9. The molecule has 1 saturated heterocycles. The topological polar surface area (TPSA) is 34.2 Å². The van der Waals surface area contributed by atoms with Crippen LogP contribution in [0.3, 0.4) is 0 Å². The van der Waals surface area contributed by atoms with E-state index in [1.807, 2.05) is 0 Å². The van der Waals surface area contributed by atoms with E-state index in [0.29, 0.717) is 0 Å². The van der Waals surface area contributed by atoms with Crippen molar-refractivity contribution < 1.29 is 0 Å². The monoisotopic (exact) mass is 281 g/mol. The molecule has 1 aromatic heterocycles. The Morgan fingerprint density at radius 2 is 2.00 bits per heavy atom. The van der Waals surface area contributed by atoms with E-state index in [-0.39, 0.29) is 5.54 Å². The molecule has 110 valence electrons. The van der Waals surface area contributed by atoms with E-state index in [2.05, 4.69) is 34.7 Å². The van der Waals surface area contributed by atoms with E-state index in [4.69, 9.17) is 5.73 Å². The number of rotatable bonds is 2. The van der Waals surface area contributed by atoms with E-state index in [1.165, 1.54) is 61.1 Å². The number of fused-ring (bicyclic) bond motifs is 3. The van der Waals surface area contributed by atoms with E-state index in [0.717, 1.165) is 12.3 Å². The first-order valence-corrected chi connectivity index (χ1v) is 8.30. The summed E-state index contributed by atoms with van der Waals surface area (Å²) in [6, 6.07) is 7.04. The van der Waals surface area contributed by atoms with E-state index in [1.54, 1.807) is 5.56 Å². The van der Waals surface area contributed by atoms with Gasteiger partial charge in [0.25, 0.3) is 0 Å². The summed E-state index contributed by atoms with van der Waals surface area (Å²) in [6.45, 7) is 2.47. The number of piperidine rings is 1. The van der Waals surface area contributed by atoms with Crippen molar-refractivity contribution in [3.63, 3.8) is 0 Å². The van der Waals surface area contributed by atoms with Crippen LogP contribution in [0.15, 0.2) is 18.2 Å². The van der Waals surface area contributed by atoms with Gasteiger partial charge >= 0.3 is 0 Å². The highest BCUT2D eigenvalue weighted by Crippen LogP contribution is 2.47. The fourth-order valence-corrected chi connectivity index (χ4v) is 4.53. The SMILES string of the molecule is Cn1c2c(c3cc(CC4(N)CC4)ccc31)C1CCN2CC1. The van der Waals surface area contributed by atoms with Crippen molar-refractivity contribution in [3.05, 3.63) is 29.3 Å². The molecule has 21 heavy (non-hydrogen) atoms. The van der Waals surface area contributed by atoms with Gasteiger partial charge in [-0.3, -0.25) is 0 Å². The molecule has 2 aromatic rings. The summed E-state index contributed by atoms with van der Waals surface area (Å²) in [5, 5.41) is 1.49. The minimum Gasteiger partial charge on any atom is -0.358 e. The zero-order valence-corrected chi connectivity index (χ0v) is 12.7. The predicted octanol–water partition coefficient (Wildman–Crippen LogP) is 2.91. The van der Waals surface area contributed by atoms with E-state index < -0.39 is 0 Å². The maximum absolute atomic E-state index is 6.31. The van der Waals surface area contributed by atoms with Gasteiger partial charge in [0.05, 0.1) is 0 Å². The molecule has 1 aliphatic carbocycles. The van der Waals surface area contributed by atoms with Crippen LogP contribution in [0.25, 0.3) is 10.9 Å². The Labute approximate surface area is 125 Å². The first kappa shape index (κ1) is 12.1. The zero-order chi connectivity index (χ0) is 14.2. The number of hydrogen-bond donors (Lipinski definition) is 1. The van der Waals surface area contributed by atoms with Crippen LogP contribution < -0.4 is 10.6 Å². The molecule has 0 radical (unpaired) electrons. The molecular formula is C18H23N3. The summed E-state index contributed by atoms with van der Waals surface area (Å²) in [5.74, 6) is 2.26. The van der Waals surface area contributed by atoms with Crippen molar-refractivity contribution in [1.29, 1.82) is 0 Å². The largest absolute Gasteiger partial charge is 0.358 e. The smallest absolute Gasteiger partial charge is 0.112 e. The first-order valence-electron chi connectivity index (χ1n) is 8.30. The molecule has 4 aliphatic rings. The van der Waals surface area contributed by atoms with Crippen LogP contribution in [-0.2, 0) is 13.5 Å². The molecule has 2 bridgehead atoms. The third-order valence-electron chi connectivity index (χ3n) is 5.92. The molecule has 1 saturated carbocycles. The van der Waals surface area contributed by atoms with Crippen molar-refractivity contribution in [2.45, 2.75) is 43.6 Å². The summed E-state index contributed by atoms with van der Waals surface area (Å²) in [6.07, 6.45) is 6.08. The van der Waals surface area contributed by atoms with Crippen molar-refractivity contribution in [2.75, 3.05) is 18.0 Å². The third-order valence-corrected chi connectivity index (χ3v) is 5.92. The van der Waals surface area contributed by atoms with Gasteiger partial charge in [0.15, 0.2) is 0 Å². The fraction of sp³-hybridized carbons (Fsp3) is 0.556. The minimum atomic E-state index is 0.102. The van der Waals surface area contributed by atoms with Gasteiger partial charge in [-0.1, -0.05) is 6.07 Å². The van der Waals surface area contributed by atoms with E-state index >= 15 is 0 Å². The second kappa shape index (κ2) is 3.83. The Morgan fingerprint density at radius 3 is 2.71 bits per heavy atom. The molecule has 3 heteroatoms. The number of nitrogens with zero attached hydrogens (tertiary/aromatic N) is 2. The maximum atomic E-state index is 6.31. The van der Waals surface area contributed by atoms with Crippen LogP contribution in [0.1, 0.15) is 42.7 Å². The predicted molar refractivity (Wildman–Crippen MR) is 87.0 cm³/mol. The lowest BCUT2D eigenvalue weighted by Gasteiger charge is -2.41. The molecule has 3 nitrogen and oxygen atoms in total. The lowest BCUT2D eigenvalue weighted by molar-refractivity contribution is 0.469. The fourth-order valence-electron chi connectivity index (χ4n) is 4.53. The number of benzene rings is 1. The Hall–Kier alpha value is -1.48. The molecule has 6 rings (SSSR count). The molecule has 0 atom stereocenters. The van der Waals surface area contributed by atoms with Gasteiger partial charge in [-0.15, -0.1) is 0 Å². The Balaban J connectivity index is 1.70. The molecule has 4 heterocycles. The van der Waals surface area contributed by atoms with Gasteiger partial charge in [0.2, 0.25) is 0 Å². The molecule has 0 amide bonds. The van der Waals surface area contributed by atoms with Gasteiger partial charge < -0.3 is 15.2 Å². The molecule has 2 N–H and O–H groups in total. The van der Waals surface area contributed by atoms with Gasteiger partial charge in [-0.25, -0.2) is 0 Å². The number of aromatic nitrogens is 1. The van der Waals surface area contributed by atoms with Crippen LogP contribution >= 0.6 is 0 Å². The number of hydrogen-bond acceptors (Lipinski definition) is 2. The molecule has 2 fully saturated rings. The molecule has 0 spiro atoms. The Bertz CT molecular complexity index is 730. The highest BCUT2D eigenvalue weighted by atomic mass is 15.3.